The molecule has 0 saturated heterocycles. The second kappa shape index (κ2) is 10.6. The molecule has 0 spiro atoms. The Labute approximate surface area is 172 Å². The normalized spacial score (nSPS) is 13.0. The van der Waals surface area contributed by atoms with Crippen molar-refractivity contribution in [3.8, 4) is 5.75 Å². The van der Waals surface area contributed by atoms with Gasteiger partial charge in [0.1, 0.15) is 5.75 Å². The van der Waals surface area contributed by atoms with Gasteiger partial charge in [0.25, 0.3) is 0 Å². The van der Waals surface area contributed by atoms with E-state index < -0.39 is 37.8 Å². The lowest BCUT2D eigenvalue weighted by atomic mass is 10.2. The molecule has 164 valence electrons. The maximum Gasteiger partial charge on any atom is 0.416 e. The van der Waals surface area contributed by atoms with Crippen LogP contribution in [0.1, 0.15) is 30.8 Å². The average Bonchev–Trinajstić information content (AvgIpc) is 2.71. The monoisotopic (exact) mass is 446 g/mol. The largest absolute Gasteiger partial charge is 0.482 e. The predicted molar refractivity (Wildman–Crippen MR) is 103 cm³/mol. The minimum absolute atomic E-state index is 0.0545. The zero-order valence-electron chi connectivity index (χ0n) is 16.4. The first kappa shape index (κ1) is 23.9. The molecular formula is C20H22F3O6P. The van der Waals surface area contributed by atoms with Gasteiger partial charge in [0.05, 0.1) is 18.8 Å². The molecule has 2 aromatic carbocycles. The van der Waals surface area contributed by atoms with Gasteiger partial charge in [-0.1, -0.05) is 36.4 Å². The van der Waals surface area contributed by atoms with Gasteiger partial charge in [0, 0.05) is 5.56 Å². The minimum Gasteiger partial charge on any atom is -0.482 e. The van der Waals surface area contributed by atoms with Crippen LogP contribution in [0.15, 0.2) is 54.6 Å². The van der Waals surface area contributed by atoms with E-state index in [-0.39, 0.29) is 19.0 Å². The summed E-state index contributed by atoms with van der Waals surface area (Å²) in [5, 5.41) is 0. The molecule has 0 aromatic heterocycles. The Balaban J connectivity index is 2.16. The number of benzene rings is 2. The molecule has 0 amide bonds. The fraction of sp³-hybridized carbons (Fsp3) is 0.350. The highest BCUT2D eigenvalue weighted by atomic mass is 31.2. The molecule has 0 N–H and O–H groups in total. The molecule has 0 aliphatic heterocycles. The Bertz CT molecular complexity index is 862. The Kier molecular flexibility index (Phi) is 8.46. The van der Waals surface area contributed by atoms with Crippen molar-refractivity contribution in [3.63, 3.8) is 0 Å². The molecule has 10 heteroatoms. The minimum atomic E-state index is -4.54. The standard InChI is InChI=1S/C20H22F3O6P/c1-3-27-30(25,28-4-2)19(15-9-6-5-7-10-15)29-18(24)14-26-17-12-8-11-16(13-17)20(21,22)23/h5-13,19H,3-4,14H2,1-2H3. The molecular weight excluding hydrogens is 424 g/mol. The van der Waals surface area contributed by atoms with Crippen molar-refractivity contribution in [2.45, 2.75) is 25.9 Å². The van der Waals surface area contributed by atoms with Crippen molar-refractivity contribution in [1.82, 2.24) is 0 Å². The molecule has 0 fully saturated rings. The van der Waals surface area contributed by atoms with Crippen molar-refractivity contribution in [2.24, 2.45) is 0 Å². The summed E-state index contributed by atoms with van der Waals surface area (Å²) in [7, 11) is -3.88. The van der Waals surface area contributed by atoms with Crippen LogP contribution in [0.2, 0.25) is 0 Å². The van der Waals surface area contributed by atoms with Crippen LogP contribution in [0.5, 0.6) is 5.75 Å². The molecule has 0 aliphatic rings. The lowest BCUT2D eigenvalue weighted by Gasteiger charge is -2.26. The summed E-state index contributed by atoms with van der Waals surface area (Å²) in [6.07, 6.45) is -4.54. The van der Waals surface area contributed by atoms with Gasteiger partial charge in [-0.3, -0.25) is 4.57 Å². The third kappa shape index (κ3) is 6.58. The lowest BCUT2D eigenvalue weighted by Crippen LogP contribution is -2.20. The summed E-state index contributed by atoms with van der Waals surface area (Å²) < 4.78 is 72.6. The molecule has 6 nitrogen and oxygen atoms in total. The summed E-state index contributed by atoms with van der Waals surface area (Å²) in [6, 6.07) is 12.3. The zero-order valence-corrected chi connectivity index (χ0v) is 17.3. The second-order valence-electron chi connectivity index (χ2n) is 5.94. The van der Waals surface area contributed by atoms with Gasteiger partial charge < -0.3 is 18.5 Å². The molecule has 0 radical (unpaired) electrons. The molecule has 0 aliphatic carbocycles. The maximum atomic E-state index is 13.2. The van der Waals surface area contributed by atoms with Crippen molar-refractivity contribution >= 4 is 13.6 Å². The Morgan fingerprint density at radius 1 is 1.00 bits per heavy atom. The SMILES string of the molecule is CCOP(=O)(OCC)C(OC(=O)COc1cccc(C(F)(F)F)c1)c1ccccc1. The molecule has 1 atom stereocenters. The van der Waals surface area contributed by atoms with Gasteiger partial charge in [-0.05, 0) is 32.0 Å². The number of hydrogen-bond acceptors (Lipinski definition) is 6. The van der Waals surface area contributed by atoms with Crippen LogP contribution in [0.25, 0.3) is 0 Å². The van der Waals surface area contributed by atoms with Gasteiger partial charge in [0.2, 0.25) is 5.85 Å². The van der Waals surface area contributed by atoms with Gasteiger partial charge in [0.15, 0.2) is 6.61 Å². The van der Waals surface area contributed by atoms with Crippen LogP contribution in [0.4, 0.5) is 13.2 Å². The highest BCUT2D eigenvalue weighted by Crippen LogP contribution is 2.61. The first-order valence-corrected chi connectivity index (χ1v) is 10.7. The van der Waals surface area contributed by atoms with E-state index in [4.69, 9.17) is 18.5 Å². The molecule has 30 heavy (non-hydrogen) atoms. The van der Waals surface area contributed by atoms with E-state index in [0.717, 1.165) is 18.2 Å². The number of halogens is 3. The topological polar surface area (TPSA) is 71.1 Å². The van der Waals surface area contributed by atoms with E-state index >= 15 is 0 Å². The van der Waals surface area contributed by atoms with Gasteiger partial charge in [-0.15, -0.1) is 0 Å². The van der Waals surface area contributed by atoms with Gasteiger partial charge in [-0.25, -0.2) is 4.79 Å². The van der Waals surface area contributed by atoms with Crippen LogP contribution < -0.4 is 4.74 Å². The Morgan fingerprint density at radius 2 is 1.63 bits per heavy atom. The predicted octanol–water partition coefficient (Wildman–Crippen LogP) is 5.59. The van der Waals surface area contributed by atoms with Crippen LogP contribution >= 0.6 is 7.60 Å². The van der Waals surface area contributed by atoms with Crippen LogP contribution in [-0.4, -0.2) is 25.8 Å². The van der Waals surface area contributed by atoms with E-state index in [1.165, 1.54) is 6.07 Å². The van der Waals surface area contributed by atoms with Crippen molar-refractivity contribution in [2.75, 3.05) is 19.8 Å². The quantitative estimate of drug-likeness (QED) is 0.350. The molecule has 0 saturated carbocycles. The fourth-order valence-electron chi connectivity index (χ4n) is 2.53. The first-order chi connectivity index (χ1) is 14.2. The van der Waals surface area contributed by atoms with E-state index in [1.807, 2.05) is 0 Å². The summed E-state index contributed by atoms with van der Waals surface area (Å²) in [4.78, 5) is 12.3. The van der Waals surface area contributed by atoms with Crippen molar-refractivity contribution in [3.05, 3.63) is 65.7 Å². The second-order valence-corrected chi connectivity index (χ2v) is 8.01. The first-order valence-electron chi connectivity index (χ1n) is 9.13. The van der Waals surface area contributed by atoms with Crippen molar-refractivity contribution < 1.29 is 41.1 Å². The maximum absolute atomic E-state index is 13.2. The lowest BCUT2D eigenvalue weighted by molar-refractivity contribution is -0.149. The molecule has 2 aromatic rings. The van der Waals surface area contributed by atoms with E-state index in [0.29, 0.717) is 5.56 Å². The molecule has 0 heterocycles. The van der Waals surface area contributed by atoms with Crippen LogP contribution in [-0.2, 0) is 29.3 Å². The van der Waals surface area contributed by atoms with Crippen LogP contribution in [0.3, 0.4) is 0 Å². The van der Waals surface area contributed by atoms with Crippen LogP contribution in [0, 0.1) is 0 Å². The third-order valence-corrected chi connectivity index (χ3v) is 5.97. The number of alkyl halides is 3. The number of esters is 1. The fourth-order valence-corrected chi connectivity index (χ4v) is 4.38. The summed E-state index contributed by atoms with van der Waals surface area (Å²) in [5.74, 6) is -2.45. The summed E-state index contributed by atoms with van der Waals surface area (Å²) in [6.45, 7) is 2.65. The van der Waals surface area contributed by atoms with Gasteiger partial charge >= 0.3 is 19.7 Å². The Hall–Kier alpha value is -2.35. The summed E-state index contributed by atoms with van der Waals surface area (Å²) in [5.41, 5.74) is -0.525. The van der Waals surface area contributed by atoms with Gasteiger partial charge in [-0.2, -0.15) is 13.2 Å². The number of carbonyl (C=O) groups is 1. The molecule has 2 rings (SSSR count). The van der Waals surface area contributed by atoms with E-state index in [1.54, 1.807) is 44.2 Å². The number of hydrogen-bond donors (Lipinski definition) is 0. The zero-order chi connectivity index (χ0) is 22.2. The number of carbonyl (C=O) groups excluding carboxylic acids is 1. The third-order valence-electron chi connectivity index (χ3n) is 3.75. The molecule has 1 unspecified atom stereocenters. The summed E-state index contributed by atoms with van der Waals surface area (Å²) >= 11 is 0. The van der Waals surface area contributed by atoms with E-state index in [9.17, 15) is 22.5 Å². The smallest absolute Gasteiger partial charge is 0.416 e. The molecule has 0 bridgehead atoms. The Morgan fingerprint density at radius 3 is 2.20 bits per heavy atom. The average molecular weight is 446 g/mol. The number of ether oxygens (including phenoxy) is 2. The van der Waals surface area contributed by atoms with E-state index in [2.05, 4.69) is 0 Å². The van der Waals surface area contributed by atoms with Crippen molar-refractivity contribution in [1.29, 1.82) is 0 Å². The highest BCUT2D eigenvalue weighted by molar-refractivity contribution is 7.54. The highest BCUT2D eigenvalue weighted by Gasteiger charge is 2.40. The number of rotatable bonds is 10.